The van der Waals surface area contributed by atoms with Crippen LogP contribution in [0.15, 0.2) is 6.33 Å². The first-order chi connectivity index (χ1) is 10.1. The summed E-state index contributed by atoms with van der Waals surface area (Å²) in [4.78, 5) is 15.0. The van der Waals surface area contributed by atoms with E-state index in [0.29, 0.717) is 11.8 Å². The van der Waals surface area contributed by atoms with Crippen molar-refractivity contribution in [1.82, 2.24) is 25.0 Å². The average Bonchev–Trinajstić information content (AvgIpc) is 2.93. The summed E-state index contributed by atoms with van der Waals surface area (Å²) >= 11 is 0. The van der Waals surface area contributed by atoms with Gasteiger partial charge >= 0.3 is 0 Å². The molecule has 0 bridgehead atoms. The summed E-state index contributed by atoms with van der Waals surface area (Å²) in [6.45, 7) is 5.60. The SMILES string of the molecule is Cn1cnnc1C1CCCN(C(=O)C2(C)CCCNC2)C1. The Morgan fingerprint density at radius 3 is 3.00 bits per heavy atom. The van der Waals surface area contributed by atoms with Crippen LogP contribution in [0.4, 0.5) is 0 Å². The maximum Gasteiger partial charge on any atom is 0.229 e. The number of rotatable bonds is 2. The number of aryl methyl sites for hydroxylation is 1. The molecule has 2 saturated heterocycles. The van der Waals surface area contributed by atoms with Crippen LogP contribution in [0.25, 0.3) is 0 Å². The molecule has 2 aliphatic rings. The molecule has 2 fully saturated rings. The van der Waals surface area contributed by atoms with Gasteiger partial charge in [0.25, 0.3) is 0 Å². The Hall–Kier alpha value is -1.43. The second kappa shape index (κ2) is 5.75. The van der Waals surface area contributed by atoms with Crippen LogP contribution in [0.3, 0.4) is 0 Å². The molecule has 0 saturated carbocycles. The molecule has 0 aromatic carbocycles. The topological polar surface area (TPSA) is 63.1 Å². The number of carbonyl (C=O) groups is 1. The summed E-state index contributed by atoms with van der Waals surface area (Å²) in [6.07, 6.45) is 5.95. The predicted molar refractivity (Wildman–Crippen MR) is 79.8 cm³/mol. The fourth-order valence-corrected chi connectivity index (χ4v) is 3.65. The number of hydrogen-bond acceptors (Lipinski definition) is 4. The van der Waals surface area contributed by atoms with E-state index in [9.17, 15) is 4.79 Å². The lowest BCUT2D eigenvalue weighted by Gasteiger charge is -2.40. The van der Waals surface area contributed by atoms with Gasteiger partial charge < -0.3 is 14.8 Å². The summed E-state index contributed by atoms with van der Waals surface area (Å²) in [7, 11) is 1.97. The van der Waals surface area contributed by atoms with Crippen LogP contribution in [-0.2, 0) is 11.8 Å². The number of likely N-dealkylation sites (tertiary alicyclic amines) is 1. The van der Waals surface area contributed by atoms with Crippen LogP contribution in [0.5, 0.6) is 0 Å². The Labute approximate surface area is 125 Å². The molecule has 3 rings (SSSR count). The second-order valence-electron chi connectivity index (χ2n) is 6.73. The van der Waals surface area contributed by atoms with Crippen molar-refractivity contribution in [3.05, 3.63) is 12.2 Å². The fraction of sp³-hybridized carbons (Fsp3) is 0.800. The number of aromatic nitrogens is 3. The highest BCUT2D eigenvalue weighted by Gasteiger charge is 2.39. The van der Waals surface area contributed by atoms with Crippen molar-refractivity contribution in [2.24, 2.45) is 12.5 Å². The Balaban J connectivity index is 1.71. The van der Waals surface area contributed by atoms with Crippen molar-refractivity contribution in [2.75, 3.05) is 26.2 Å². The van der Waals surface area contributed by atoms with Crippen molar-refractivity contribution < 1.29 is 4.79 Å². The van der Waals surface area contributed by atoms with Crippen LogP contribution in [-0.4, -0.2) is 51.8 Å². The van der Waals surface area contributed by atoms with Crippen LogP contribution in [0.1, 0.15) is 44.3 Å². The minimum Gasteiger partial charge on any atom is -0.341 e. The van der Waals surface area contributed by atoms with Gasteiger partial charge in [0.05, 0.1) is 5.41 Å². The van der Waals surface area contributed by atoms with Gasteiger partial charge in [-0.3, -0.25) is 4.79 Å². The molecule has 1 aromatic heterocycles. The predicted octanol–water partition coefficient (Wildman–Crippen LogP) is 0.911. The van der Waals surface area contributed by atoms with Gasteiger partial charge in [-0.05, 0) is 39.2 Å². The molecule has 0 aliphatic carbocycles. The second-order valence-corrected chi connectivity index (χ2v) is 6.73. The normalized spacial score (nSPS) is 30.4. The molecule has 1 aromatic rings. The van der Waals surface area contributed by atoms with Gasteiger partial charge in [-0.2, -0.15) is 0 Å². The van der Waals surface area contributed by atoms with Gasteiger partial charge in [0.1, 0.15) is 12.2 Å². The highest BCUT2D eigenvalue weighted by molar-refractivity contribution is 5.83. The van der Waals surface area contributed by atoms with Crippen LogP contribution >= 0.6 is 0 Å². The quantitative estimate of drug-likeness (QED) is 0.880. The van der Waals surface area contributed by atoms with E-state index in [4.69, 9.17) is 0 Å². The number of carbonyl (C=O) groups excluding carboxylic acids is 1. The van der Waals surface area contributed by atoms with Crippen molar-refractivity contribution in [2.45, 2.75) is 38.5 Å². The Morgan fingerprint density at radius 1 is 1.48 bits per heavy atom. The van der Waals surface area contributed by atoms with E-state index >= 15 is 0 Å². The maximum atomic E-state index is 12.9. The fourth-order valence-electron chi connectivity index (χ4n) is 3.65. The van der Waals surface area contributed by atoms with Crippen LogP contribution in [0.2, 0.25) is 0 Å². The molecular formula is C15H25N5O. The lowest BCUT2D eigenvalue weighted by Crippen LogP contribution is -2.52. The summed E-state index contributed by atoms with van der Waals surface area (Å²) in [5.41, 5.74) is -0.236. The third-order valence-corrected chi connectivity index (χ3v) is 4.93. The standard InChI is InChI=1S/C15H25N5O/c1-15(6-4-7-16-10-15)14(21)20-8-3-5-12(9-20)13-18-17-11-19(13)2/h11-12,16H,3-10H2,1-2H3. The minimum absolute atomic E-state index is 0.236. The van der Waals surface area contributed by atoms with Crippen molar-refractivity contribution in [3.63, 3.8) is 0 Å². The Kier molecular flexibility index (Phi) is 3.97. The summed E-state index contributed by atoms with van der Waals surface area (Å²) in [5.74, 6) is 1.62. The first-order valence-electron chi connectivity index (χ1n) is 7.94. The number of piperidine rings is 2. The van der Waals surface area contributed by atoms with Gasteiger partial charge in [0.15, 0.2) is 0 Å². The van der Waals surface area contributed by atoms with E-state index in [1.165, 1.54) is 0 Å². The number of nitrogens with one attached hydrogen (secondary N) is 1. The van der Waals surface area contributed by atoms with E-state index in [-0.39, 0.29) is 5.41 Å². The third-order valence-electron chi connectivity index (χ3n) is 4.93. The minimum atomic E-state index is -0.236. The van der Waals surface area contributed by atoms with E-state index in [2.05, 4.69) is 27.3 Å². The van der Waals surface area contributed by atoms with E-state index in [0.717, 1.165) is 57.7 Å². The molecule has 1 N–H and O–H groups in total. The number of amides is 1. The van der Waals surface area contributed by atoms with Gasteiger partial charge in [-0.1, -0.05) is 0 Å². The largest absolute Gasteiger partial charge is 0.341 e. The summed E-state index contributed by atoms with van der Waals surface area (Å²) in [6, 6.07) is 0. The Morgan fingerprint density at radius 2 is 2.33 bits per heavy atom. The van der Waals surface area contributed by atoms with Crippen molar-refractivity contribution in [1.29, 1.82) is 0 Å². The van der Waals surface area contributed by atoms with Gasteiger partial charge in [0, 0.05) is 32.6 Å². The molecule has 6 heteroatoms. The molecule has 2 atom stereocenters. The molecule has 3 heterocycles. The molecule has 116 valence electrons. The Bertz CT molecular complexity index is 506. The van der Waals surface area contributed by atoms with Crippen molar-refractivity contribution in [3.8, 4) is 0 Å². The van der Waals surface area contributed by atoms with Crippen molar-refractivity contribution >= 4 is 5.91 Å². The molecule has 2 unspecified atom stereocenters. The molecule has 21 heavy (non-hydrogen) atoms. The zero-order valence-electron chi connectivity index (χ0n) is 13.0. The summed E-state index contributed by atoms with van der Waals surface area (Å²) in [5, 5.41) is 11.6. The van der Waals surface area contributed by atoms with E-state index in [1.54, 1.807) is 6.33 Å². The molecule has 6 nitrogen and oxygen atoms in total. The lowest BCUT2D eigenvalue weighted by atomic mass is 9.80. The van der Waals surface area contributed by atoms with Crippen LogP contribution in [0, 0.1) is 5.41 Å². The molecular weight excluding hydrogens is 266 g/mol. The first kappa shape index (κ1) is 14.5. The molecule has 0 radical (unpaired) electrons. The number of nitrogens with zero attached hydrogens (tertiary/aromatic N) is 4. The third kappa shape index (κ3) is 2.81. The van der Waals surface area contributed by atoms with Gasteiger partial charge in [-0.15, -0.1) is 10.2 Å². The molecule has 1 amide bonds. The van der Waals surface area contributed by atoms with Gasteiger partial charge in [-0.25, -0.2) is 0 Å². The lowest BCUT2D eigenvalue weighted by molar-refractivity contribution is -0.143. The van der Waals surface area contributed by atoms with E-state index < -0.39 is 0 Å². The maximum absolute atomic E-state index is 12.9. The number of hydrogen-bond donors (Lipinski definition) is 1. The van der Waals surface area contributed by atoms with Gasteiger partial charge in [0.2, 0.25) is 5.91 Å². The molecule has 2 aliphatic heterocycles. The smallest absolute Gasteiger partial charge is 0.229 e. The zero-order chi connectivity index (χ0) is 14.9. The highest BCUT2D eigenvalue weighted by Crippen LogP contribution is 2.32. The van der Waals surface area contributed by atoms with E-state index in [1.807, 2.05) is 11.6 Å². The monoisotopic (exact) mass is 291 g/mol. The summed E-state index contributed by atoms with van der Waals surface area (Å²) < 4.78 is 1.97. The van der Waals surface area contributed by atoms with Crippen LogP contribution < -0.4 is 5.32 Å². The first-order valence-corrected chi connectivity index (χ1v) is 7.94. The molecule has 0 spiro atoms. The average molecular weight is 291 g/mol. The highest BCUT2D eigenvalue weighted by atomic mass is 16.2. The zero-order valence-corrected chi connectivity index (χ0v) is 13.0.